The van der Waals surface area contributed by atoms with Gasteiger partial charge in [-0.3, -0.25) is 4.79 Å². The Hall–Kier alpha value is -3.09. The smallest absolute Gasteiger partial charge is 0.266 e. The van der Waals surface area contributed by atoms with Gasteiger partial charge in [-0.1, -0.05) is 29.8 Å². The van der Waals surface area contributed by atoms with Crippen LogP contribution in [-0.4, -0.2) is 45.5 Å². The van der Waals surface area contributed by atoms with Crippen LogP contribution in [0.4, 0.5) is 8.78 Å². The van der Waals surface area contributed by atoms with E-state index in [4.69, 9.17) is 21.5 Å². The Balaban J connectivity index is 1.55. The van der Waals surface area contributed by atoms with Gasteiger partial charge >= 0.3 is 0 Å². The summed E-state index contributed by atoms with van der Waals surface area (Å²) in [7, 11) is -0.379. The van der Waals surface area contributed by atoms with Crippen LogP contribution in [0.3, 0.4) is 0 Å². The van der Waals surface area contributed by atoms with Crippen molar-refractivity contribution < 1.29 is 26.7 Å². The van der Waals surface area contributed by atoms with E-state index in [1.807, 2.05) is 19.2 Å². The van der Waals surface area contributed by atoms with Gasteiger partial charge in [0.25, 0.3) is 5.91 Å². The molecular weight excluding hydrogens is 604 g/mol. The van der Waals surface area contributed by atoms with Crippen LogP contribution < -0.4 is 15.2 Å². The number of amides is 1. The quantitative estimate of drug-likeness (QED) is 0.236. The predicted molar refractivity (Wildman–Crippen MR) is 162 cm³/mol. The summed E-state index contributed by atoms with van der Waals surface area (Å²) in [6.45, 7) is 0.162. The molecule has 0 unspecified atom stereocenters. The van der Waals surface area contributed by atoms with E-state index < -0.39 is 27.6 Å². The number of ether oxygens (including phenoxy) is 1. The number of carbonyl (C=O) groups is 1. The van der Waals surface area contributed by atoms with E-state index >= 15 is 0 Å². The van der Waals surface area contributed by atoms with Crippen molar-refractivity contribution in [2.75, 3.05) is 14.2 Å². The number of hydrogen-bond donors (Lipinski definition) is 2. The fourth-order valence-corrected chi connectivity index (χ4v) is 7.53. The molecule has 1 aliphatic rings. The molecule has 0 saturated heterocycles. The maximum Gasteiger partial charge on any atom is 0.266 e. The van der Waals surface area contributed by atoms with Crippen LogP contribution in [0.2, 0.25) is 5.02 Å². The van der Waals surface area contributed by atoms with E-state index in [2.05, 4.69) is 5.32 Å². The third kappa shape index (κ3) is 6.02. The van der Waals surface area contributed by atoms with Crippen molar-refractivity contribution in [2.24, 2.45) is 5.14 Å². The van der Waals surface area contributed by atoms with Crippen LogP contribution in [0, 0.1) is 11.6 Å². The topological polar surface area (TPSA) is 102 Å². The monoisotopic (exact) mass is 633 g/mol. The molecule has 1 saturated carbocycles. The average Bonchev–Trinajstić information content (AvgIpc) is 3.35. The van der Waals surface area contributed by atoms with Gasteiger partial charge in [0.15, 0.2) is 0 Å². The summed E-state index contributed by atoms with van der Waals surface area (Å²) in [5.41, 5.74) is 2.24. The van der Waals surface area contributed by atoms with Gasteiger partial charge in [0, 0.05) is 24.2 Å². The molecular formula is C30H30ClF2N3O4S2. The summed E-state index contributed by atoms with van der Waals surface area (Å²) in [6.07, 6.45) is 3.20. The van der Waals surface area contributed by atoms with Crippen LogP contribution in [-0.2, 0) is 16.6 Å². The molecule has 7 nitrogen and oxygen atoms in total. The van der Waals surface area contributed by atoms with E-state index in [-0.39, 0.29) is 37.5 Å². The normalized spacial score (nSPS) is 17.4. The Morgan fingerprint density at radius 3 is 2.29 bits per heavy atom. The highest BCUT2D eigenvalue weighted by Gasteiger charge is 2.33. The van der Waals surface area contributed by atoms with Crippen molar-refractivity contribution in [3.63, 3.8) is 0 Å². The fourth-order valence-electron chi connectivity index (χ4n) is 5.51. The Kier molecular flexibility index (Phi) is 8.86. The minimum Gasteiger partial charge on any atom is -0.496 e. The first kappa shape index (κ1) is 30.4. The van der Waals surface area contributed by atoms with Gasteiger partial charge in [0.1, 0.15) is 22.3 Å². The second kappa shape index (κ2) is 12.3. The highest BCUT2D eigenvalue weighted by atomic mass is 35.5. The molecule has 1 heterocycles. The number of benzene rings is 3. The third-order valence-electron chi connectivity index (χ3n) is 7.82. The van der Waals surface area contributed by atoms with Crippen molar-refractivity contribution in [2.45, 2.75) is 49.2 Å². The molecule has 0 bridgehead atoms. The number of nitrogens with two attached hydrogens (primary N) is 1. The number of methoxy groups -OCH3 is 1. The number of nitrogens with one attached hydrogen (secondary N) is 1. The third-order valence-corrected chi connectivity index (χ3v) is 10.4. The van der Waals surface area contributed by atoms with E-state index in [0.29, 0.717) is 17.4 Å². The maximum absolute atomic E-state index is 14.6. The molecule has 3 aromatic carbocycles. The molecule has 0 atom stereocenters. The molecule has 4 aromatic rings. The summed E-state index contributed by atoms with van der Waals surface area (Å²) < 4.78 is 58.3. The van der Waals surface area contributed by atoms with Crippen LogP contribution in [0.25, 0.3) is 21.2 Å². The van der Waals surface area contributed by atoms with E-state index in [1.54, 1.807) is 23.1 Å². The summed E-state index contributed by atoms with van der Waals surface area (Å²) in [4.78, 5) is 16.0. The second-order valence-corrected chi connectivity index (χ2v) is 13.3. The molecule has 12 heteroatoms. The molecule has 0 radical (unpaired) electrons. The lowest BCUT2D eigenvalue weighted by molar-refractivity contribution is 0.0604. The number of thiophene rings is 1. The fraction of sp³-hybridized carbons (Fsp3) is 0.300. The van der Waals surface area contributed by atoms with Crippen molar-refractivity contribution in [1.29, 1.82) is 0 Å². The standard InChI is InChI=1S/C30H30ClF2N3O4S2/c1-35-20-6-8-21(9-7-20)36(30(37)29-27(31)26-23(32)12-13-24(33)28(26)41-29)16-19-15-18(5-14-25(19)40-2)17-3-10-22(11-4-17)42(34,38)39/h3-5,10-15,20-21,35H,6-9,16H2,1-2H3,(H2,34,38,39)/t20-,21+. The average molecular weight is 634 g/mol. The lowest BCUT2D eigenvalue weighted by Crippen LogP contribution is -2.44. The number of primary sulfonamides is 1. The highest BCUT2D eigenvalue weighted by Crippen LogP contribution is 2.40. The summed E-state index contributed by atoms with van der Waals surface area (Å²) >= 11 is 7.39. The Bertz CT molecular complexity index is 1740. The van der Waals surface area contributed by atoms with Gasteiger partial charge in [-0.15, -0.1) is 11.3 Å². The summed E-state index contributed by atoms with van der Waals surface area (Å²) in [5, 5.41) is 8.35. The Morgan fingerprint density at radius 1 is 1.05 bits per heavy atom. The molecule has 1 fully saturated rings. The van der Waals surface area contributed by atoms with Crippen molar-refractivity contribution >= 4 is 49.0 Å². The van der Waals surface area contributed by atoms with Gasteiger partial charge in [-0.25, -0.2) is 22.3 Å². The van der Waals surface area contributed by atoms with Gasteiger partial charge in [0.2, 0.25) is 10.0 Å². The maximum atomic E-state index is 14.6. The molecule has 0 spiro atoms. The van der Waals surface area contributed by atoms with Gasteiger partial charge < -0.3 is 15.0 Å². The minimum atomic E-state index is -3.84. The van der Waals surface area contributed by atoms with E-state index in [9.17, 15) is 22.0 Å². The Morgan fingerprint density at radius 2 is 1.69 bits per heavy atom. The second-order valence-electron chi connectivity index (χ2n) is 10.3. The van der Waals surface area contributed by atoms with Gasteiger partial charge in [-0.05, 0) is 80.3 Å². The first-order valence-corrected chi connectivity index (χ1v) is 16.1. The van der Waals surface area contributed by atoms with E-state index in [1.165, 1.54) is 19.2 Å². The van der Waals surface area contributed by atoms with Crippen molar-refractivity contribution in [3.05, 3.63) is 81.7 Å². The SMILES string of the molecule is CN[C@H]1CC[C@@H](N(Cc2cc(-c3ccc(S(N)(=O)=O)cc3)ccc2OC)C(=O)c2sc3c(F)ccc(F)c3c2Cl)CC1. The minimum absolute atomic E-state index is 0.00187. The first-order valence-electron chi connectivity index (χ1n) is 13.4. The molecule has 222 valence electrons. The summed E-state index contributed by atoms with van der Waals surface area (Å²) in [5.74, 6) is -1.17. The predicted octanol–water partition coefficient (Wildman–Crippen LogP) is 6.33. The van der Waals surface area contributed by atoms with Gasteiger partial charge in [0.05, 0.1) is 27.1 Å². The van der Waals surface area contributed by atoms with Gasteiger partial charge in [-0.2, -0.15) is 0 Å². The lowest BCUT2D eigenvalue weighted by atomic mass is 9.89. The lowest BCUT2D eigenvalue weighted by Gasteiger charge is -2.37. The molecule has 1 aromatic heterocycles. The van der Waals surface area contributed by atoms with E-state index in [0.717, 1.165) is 60.3 Å². The van der Waals surface area contributed by atoms with Crippen LogP contribution in [0.5, 0.6) is 5.75 Å². The Labute approximate surface area is 252 Å². The molecule has 5 rings (SSSR count). The largest absolute Gasteiger partial charge is 0.496 e. The molecule has 0 aliphatic heterocycles. The van der Waals surface area contributed by atoms with Crippen molar-refractivity contribution in [3.8, 4) is 16.9 Å². The van der Waals surface area contributed by atoms with Crippen LogP contribution in [0.15, 0.2) is 59.5 Å². The molecule has 1 aliphatic carbocycles. The number of rotatable bonds is 8. The van der Waals surface area contributed by atoms with Crippen molar-refractivity contribution in [1.82, 2.24) is 10.2 Å². The zero-order valence-electron chi connectivity index (χ0n) is 23.0. The van der Waals surface area contributed by atoms with Crippen LogP contribution >= 0.6 is 22.9 Å². The highest BCUT2D eigenvalue weighted by molar-refractivity contribution is 7.89. The number of sulfonamides is 1. The number of hydrogen-bond acceptors (Lipinski definition) is 6. The molecule has 42 heavy (non-hydrogen) atoms. The van der Waals surface area contributed by atoms with Crippen LogP contribution in [0.1, 0.15) is 40.9 Å². The zero-order valence-corrected chi connectivity index (χ0v) is 25.4. The molecule has 3 N–H and O–H groups in total. The summed E-state index contributed by atoms with van der Waals surface area (Å²) in [6, 6.07) is 13.9. The number of nitrogens with zero attached hydrogens (tertiary/aromatic N) is 1. The number of carbonyl (C=O) groups excluding carboxylic acids is 1. The zero-order chi connectivity index (χ0) is 30.2. The number of fused-ring (bicyclic) bond motifs is 1. The first-order chi connectivity index (χ1) is 20.0. The number of halogens is 3. The molecule has 1 amide bonds.